The number of piperidine rings is 1. The van der Waals surface area contributed by atoms with Gasteiger partial charge in [0.2, 0.25) is 0 Å². The lowest BCUT2D eigenvalue weighted by Gasteiger charge is -2.33. The molecule has 2 rings (SSSR count). The van der Waals surface area contributed by atoms with Gasteiger partial charge >= 0.3 is 12.1 Å². The van der Waals surface area contributed by atoms with Gasteiger partial charge in [-0.05, 0) is 44.7 Å². The molecule has 0 atom stereocenters. The van der Waals surface area contributed by atoms with Crippen LogP contribution in [0.2, 0.25) is 0 Å². The van der Waals surface area contributed by atoms with Crippen LogP contribution in [0.1, 0.15) is 44.7 Å². The highest BCUT2D eigenvalue weighted by Gasteiger charge is 2.27. The molecule has 8 nitrogen and oxygen atoms in total. The van der Waals surface area contributed by atoms with Crippen molar-refractivity contribution in [3.05, 3.63) is 35.4 Å². The number of nitrogens with one attached hydrogen (secondary N) is 1. The molecule has 3 amide bonds. The molecule has 0 bridgehead atoms. The molecule has 148 valence electrons. The minimum Gasteiger partial charge on any atom is -0.444 e. The predicted molar refractivity (Wildman–Crippen MR) is 102 cm³/mol. The fourth-order valence-corrected chi connectivity index (χ4v) is 2.62. The highest BCUT2D eigenvalue weighted by atomic mass is 16.6. The van der Waals surface area contributed by atoms with Gasteiger partial charge in [-0.2, -0.15) is 5.10 Å². The summed E-state index contributed by atoms with van der Waals surface area (Å²) >= 11 is 0. The molecule has 0 radical (unpaired) electrons. The van der Waals surface area contributed by atoms with Crippen molar-refractivity contribution in [3.8, 4) is 0 Å². The maximum absolute atomic E-state index is 12.1. The van der Waals surface area contributed by atoms with Crippen LogP contribution in [0.3, 0.4) is 0 Å². The lowest BCUT2D eigenvalue weighted by molar-refractivity contribution is -0.0170. The van der Waals surface area contributed by atoms with Crippen molar-refractivity contribution in [2.75, 3.05) is 13.1 Å². The van der Waals surface area contributed by atoms with E-state index in [9.17, 15) is 9.59 Å². The number of rotatable bonds is 5. The quantitative estimate of drug-likeness (QED) is 0.608. The molecule has 0 saturated carbocycles. The molecule has 1 fully saturated rings. The van der Waals surface area contributed by atoms with Gasteiger partial charge in [-0.25, -0.2) is 15.0 Å². The van der Waals surface area contributed by atoms with Crippen molar-refractivity contribution in [1.82, 2.24) is 10.3 Å². The van der Waals surface area contributed by atoms with Crippen LogP contribution in [0.15, 0.2) is 29.4 Å². The molecule has 1 aliphatic rings. The lowest BCUT2D eigenvalue weighted by atomic mass is 10.1. The zero-order valence-electron chi connectivity index (χ0n) is 16.1. The number of hydrazone groups is 1. The molecule has 1 heterocycles. The molecule has 1 saturated heterocycles. The summed E-state index contributed by atoms with van der Waals surface area (Å²) < 4.78 is 11.4. The third-order valence-electron chi connectivity index (χ3n) is 3.95. The summed E-state index contributed by atoms with van der Waals surface area (Å²) in [6.45, 7) is 7.39. The van der Waals surface area contributed by atoms with Gasteiger partial charge < -0.3 is 20.1 Å². The molecule has 1 aromatic rings. The first-order valence-corrected chi connectivity index (χ1v) is 9.00. The zero-order valence-corrected chi connectivity index (χ0v) is 16.1. The Hall–Kier alpha value is -2.61. The second-order valence-corrected chi connectivity index (χ2v) is 7.45. The Morgan fingerprint density at radius 1 is 1.26 bits per heavy atom. The van der Waals surface area contributed by atoms with Gasteiger partial charge in [-0.1, -0.05) is 24.3 Å². The molecule has 0 aromatic heterocycles. The van der Waals surface area contributed by atoms with E-state index in [2.05, 4.69) is 10.5 Å². The third-order valence-corrected chi connectivity index (χ3v) is 3.95. The Kier molecular flexibility index (Phi) is 7.18. The van der Waals surface area contributed by atoms with Crippen molar-refractivity contribution in [2.45, 2.75) is 51.9 Å². The van der Waals surface area contributed by atoms with Crippen molar-refractivity contribution in [2.24, 2.45) is 10.8 Å². The van der Waals surface area contributed by atoms with E-state index in [1.165, 1.54) is 6.21 Å². The molecule has 8 heteroatoms. The standard InChI is InChI=1S/C19H28N4O4/c1-19(2,3)27-18(25)23-10-8-16(9-11-23)26-13-15-6-4-14(5-7-15)12-21-22-17(20)24/h4-7,12,16H,8-11,13H2,1-3H3,(H3,20,22,24). The van der Waals surface area contributed by atoms with Crippen LogP contribution in [0.5, 0.6) is 0 Å². The van der Waals surface area contributed by atoms with E-state index < -0.39 is 11.6 Å². The Bertz CT molecular complexity index is 659. The minimum absolute atomic E-state index is 0.129. The maximum atomic E-state index is 12.1. The van der Waals surface area contributed by atoms with Crippen LogP contribution in [0, 0.1) is 0 Å². The van der Waals surface area contributed by atoms with Gasteiger partial charge in [-0.3, -0.25) is 0 Å². The van der Waals surface area contributed by atoms with Crippen LogP contribution >= 0.6 is 0 Å². The topological polar surface area (TPSA) is 106 Å². The van der Waals surface area contributed by atoms with Crippen LogP contribution < -0.4 is 11.2 Å². The second-order valence-electron chi connectivity index (χ2n) is 7.45. The summed E-state index contributed by atoms with van der Waals surface area (Å²) in [5, 5.41) is 3.71. The molecule has 1 aliphatic heterocycles. The summed E-state index contributed by atoms with van der Waals surface area (Å²) in [7, 11) is 0. The highest BCUT2D eigenvalue weighted by Crippen LogP contribution is 2.18. The van der Waals surface area contributed by atoms with E-state index in [1.54, 1.807) is 4.90 Å². The Balaban J connectivity index is 1.73. The molecular formula is C19H28N4O4. The first-order valence-electron chi connectivity index (χ1n) is 9.00. The Labute approximate surface area is 159 Å². The molecule has 0 aliphatic carbocycles. The third kappa shape index (κ3) is 7.65. The fourth-order valence-electron chi connectivity index (χ4n) is 2.62. The van der Waals surface area contributed by atoms with Crippen LogP contribution in [-0.4, -0.2) is 48.0 Å². The van der Waals surface area contributed by atoms with Crippen molar-refractivity contribution >= 4 is 18.3 Å². The first kappa shape index (κ1) is 20.7. The van der Waals surface area contributed by atoms with E-state index in [0.29, 0.717) is 19.7 Å². The summed E-state index contributed by atoms with van der Waals surface area (Å²) in [6, 6.07) is 6.96. The number of hydrogen-bond acceptors (Lipinski definition) is 5. The average Bonchev–Trinajstić information content (AvgIpc) is 2.60. The largest absolute Gasteiger partial charge is 0.444 e. The van der Waals surface area contributed by atoms with Gasteiger partial charge in [0.25, 0.3) is 0 Å². The van der Waals surface area contributed by atoms with Crippen LogP contribution in [0.4, 0.5) is 9.59 Å². The number of carbonyl (C=O) groups excluding carboxylic acids is 2. The van der Waals surface area contributed by atoms with Gasteiger partial charge in [0.1, 0.15) is 5.60 Å². The number of primary amides is 1. The van der Waals surface area contributed by atoms with Gasteiger partial charge in [0.15, 0.2) is 0 Å². The Morgan fingerprint density at radius 2 is 1.89 bits per heavy atom. The zero-order chi connectivity index (χ0) is 19.9. The van der Waals surface area contributed by atoms with E-state index >= 15 is 0 Å². The number of nitrogens with two attached hydrogens (primary N) is 1. The molecule has 3 N–H and O–H groups in total. The van der Waals surface area contributed by atoms with Crippen molar-refractivity contribution in [1.29, 1.82) is 0 Å². The number of benzene rings is 1. The predicted octanol–water partition coefficient (Wildman–Crippen LogP) is 2.60. The summed E-state index contributed by atoms with van der Waals surface area (Å²) in [4.78, 5) is 24.4. The normalized spacial score (nSPS) is 15.7. The van der Waals surface area contributed by atoms with E-state index in [0.717, 1.165) is 24.0 Å². The number of likely N-dealkylation sites (tertiary alicyclic amines) is 1. The van der Waals surface area contributed by atoms with Gasteiger partial charge in [0.05, 0.1) is 18.9 Å². The van der Waals surface area contributed by atoms with Crippen LogP contribution in [-0.2, 0) is 16.1 Å². The number of amides is 3. The van der Waals surface area contributed by atoms with Crippen molar-refractivity contribution < 1.29 is 19.1 Å². The molecule has 0 spiro atoms. The second kappa shape index (κ2) is 9.36. The molecule has 0 unspecified atom stereocenters. The molecule has 27 heavy (non-hydrogen) atoms. The highest BCUT2D eigenvalue weighted by molar-refractivity contribution is 5.81. The monoisotopic (exact) mass is 376 g/mol. The molecule has 1 aromatic carbocycles. The smallest absolute Gasteiger partial charge is 0.410 e. The first-order chi connectivity index (χ1) is 12.7. The summed E-state index contributed by atoms with van der Waals surface area (Å²) in [5.74, 6) is 0. The van der Waals surface area contributed by atoms with Gasteiger partial charge in [-0.15, -0.1) is 0 Å². The van der Waals surface area contributed by atoms with Crippen LogP contribution in [0.25, 0.3) is 0 Å². The SMILES string of the molecule is CC(C)(C)OC(=O)N1CCC(OCc2ccc(C=NNC(N)=O)cc2)CC1. The number of hydrogen-bond donors (Lipinski definition) is 2. The van der Waals surface area contributed by atoms with E-state index in [4.69, 9.17) is 15.2 Å². The number of carbonyl (C=O) groups is 2. The number of ether oxygens (including phenoxy) is 2. The Morgan fingerprint density at radius 3 is 2.44 bits per heavy atom. The average molecular weight is 376 g/mol. The van der Waals surface area contributed by atoms with E-state index in [-0.39, 0.29) is 12.2 Å². The summed E-state index contributed by atoms with van der Waals surface area (Å²) in [6.07, 6.45) is 2.97. The van der Waals surface area contributed by atoms with Crippen molar-refractivity contribution in [3.63, 3.8) is 0 Å². The van der Waals surface area contributed by atoms with Gasteiger partial charge in [0, 0.05) is 13.1 Å². The fraction of sp³-hybridized carbons (Fsp3) is 0.526. The number of urea groups is 1. The van der Waals surface area contributed by atoms with E-state index in [1.807, 2.05) is 45.0 Å². The maximum Gasteiger partial charge on any atom is 0.410 e. The number of nitrogens with zero attached hydrogens (tertiary/aromatic N) is 2. The summed E-state index contributed by atoms with van der Waals surface area (Å²) in [5.41, 5.74) is 8.50. The lowest BCUT2D eigenvalue weighted by Crippen LogP contribution is -2.43. The molecular weight excluding hydrogens is 348 g/mol. The minimum atomic E-state index is -0.700.